The standard InChI is InChI=1S/C14H17NO4/c1-3-18-13(16)10-12(14(17)19-4-2)15-11-8-6-5-7-9-11/h5-10,15H,3-4H2,1-2H3. The van der Waals surface area contributed by atoms with Crippen molar-refractivity contribution in [2.45, 2.75) is 13.8 Å². The van der Waals surface area contributed by atoms with E-state index in [0.29, 0.717) is 5.69 Å². The van der Waals surface area contributed by atoms with Crippen LogP contribution in [0.3, 0.4) is 0 Å². The van der Waals surface area contributed by atoms with Gasteiger partial charge in [0.15, 0.2) is 0 Å². The molecule has 1 aromatic rings. The summed E-state index contributed by atoms with van der Waals surface area (Å²) in [7, 11) is 0. The summed E-state index contributed by atoms with van der Waals surface area (Å²) in [4.78, 5) is 23.1. The highest BCUT2D eigenvalue weighted by Gasteiger charge is 2.13. The van der Waals surface area contributed by atoms with E-state index in [-0.39, 0.29) is 18.9 Å². The summed E-state index contributed by atoms with van der Waals surface area (Å²) in [6.45, 7) is 3.87. The first-order chi connectivity index (χ1) is 9.17. The molecule has 0 aromatic heterocycles. The molecular formula is C14H17NO4. The fourth-order valence-electron chi connectivity index (χ4n) is 1.33. The normalized spacial score (nSPS) is 10.7. The minimum Gasteiger partial charge on any atom is -0.463 e. The van der Waals surface area contributed by atoms with Crippen molar-refractivity contribution in [3.63, 3.8) is 0 Å². The van der Waals surface area contributed by atoms with E-state index >= 15 is 0 Å². The lowest BCUT2D eigenvalue weighted by Crippen LogP contribution is -2.17. The first-order valence-electron chi connectivity index (χ1n) is 6.05. The molecule has 0 aliphatic rings. The van der Waals surface area contributed by atoms with E-state index in [1.807, 2.05) is 18.2 Å². The second kappa shape index (κ2) is 7.92. The van der Waals surface area contributed by atoms with Crippen LogP contribution in [-0.4, -0.2) is 25.2 Å². The zero-order chi connectivity index (χ0) is 14.1. The lowest BCUT2D eigenvalue weighted by Gasteiger charge is -2.09. The van der Waals surface area contributed by atoms with Gasteiger partial charge in [-0.3, -0.25) is 0 Å². The molecule has 1 aromatic carbocycles. The van der Waals surface area contributed by atoms with E-state index in [1.165, 1.54) is 0 Å². The zero-order valence-corrected chi connectivity index (χ0v) is 11.0. The number of nitrogens with one attached hydrogen (secondary N) is 1. The van der Waals surface area contributed by atoms with Crippen molar-refractivity contribution in [2.24, 2.45) is 0 Å². The Hall–Kier alpha value is -2.30. The molecule has 0 heterocycles. The Bertz CT molecular complexity index is 454. The van der Waals surface area contributed by atoms with Crippen molar-refractivity contribution in [1.82, 2.24) is 0 Å². The monoisotopic (exact) mass is 263 g/mol. The Labute approximate surface area is 112 Å². The molecular weight excluding hydrogens is 246 g/mol. The quantitative estimate of drug-likeness (QED) is 0.629. The van der Waals surface area contributed by atoms with Crippen molar-refractivity contribution in [3.8, 4) is 0 Å². The van der Waals surface area contributed by atoms with E-state index in [1.54, 1.807) is 26.0 Å². The van der Waals surface area contributed by atoms with Crippen LogP contribution in [0.5, 0.6) is 0 Å². The van der Waals surface area contributed by atoms with Gasteiger partial charge in [-0.2, -0.15) is 0 Å². The first kappa shape index (κ1) is 14.8. The number of para-hydroxylation sites is 1. The number of rotatable bonds is 6. The van der Waals surface area contributed by atoms with Crippen LogP contribution in [0.4, 0.5) is 5.69 Å². The van der Waals surface area contributed by atoms with Crippen LogP contribution < -0.4 is 5.32 Å². The van der Waals surface area contributed by atoms with Crippen molar-refractivity contribution in [3.05, 3.63) is 42.1 Å². The second-order valence-electron chi connectivity index (χ2n) is 3.52. The Kier molecular flexibility index (Phi) is 6.15. The maximum absolute atomic E-state index is 11.7. The number of carbonyl (C=O) groups excluding carboxylic acids is 2. The minimum atomic E-state index is -0.598. The van der Waals surface area contributed by atoms with E-state index in [4.69, 9.17) is 9.47 Å². The molecule has 0 radical (unpaired) electrons. The van der Waals surface area contributed by atoms with Gasteiger partial charge in [0, 0.05) is 5.69 Å². The third-order valence-electron chi connectivity index (χ3n) is 2.10. The highest BCUT2D eigenvalue weighted by Crippen LogP contribution is 2.10. The molecule has 0 spiro atoms. The maximum Gasteiger partial charge on any atom is 0.355 e. The summed E-state index contributed by atoms with van der Waals surface area (Å²) in [5.74, 6) is -1.19. The number of esters is 2. The van der Waals surface area contributed by atoms with Gasteiger partial charge in [0.2, 0.25) is 0 Å². The molecule has 102 valence electrons. The van der Waals surface area contributed by atoms with Crippen LogP contribution in [-0.2, 0) is 19.1 Å². The summed E-state index contributed by atoms with van der Waals surface area (Å²) in [6, 6.07) is 9.03. The van der Waals surface area contributed by atoms with Crippen LogP contribution in [0.15, 0.2) is 42.1 Å². The fourth-order valence-corrected chi connectivity index (χ4v) is 1.33. The van der Waals surface area contributed by atoms with Crippen LogP contribution in [0.25, 0.3) is 0 Å². The Morgan fingerprint density at radius 1 is 1.11 bits per heavy atom. The molecule has 1 N–H and O–H groups in total. The lowest BCUT2D eigenvalue weighted by molar-refractivity contribution is -0.140. The largest absolute Gasteiger partial charge is 0.463 e. The number of hydrogen-bond acceptors (Lipinski definition) is 5. The van der Waals surface area contributed by atoms with Crippen LogP contribution in [0, 0.1) is 0 Å². The average molecular weight is 263 g/mol. The second-order valence-corrected chi connectivity index (χ2v) is 3.52. The number of ether oxygens (including phenoxy) is 2. The molecule has 5 heteroatoms. The molecule has 0 fully saturated rings. The Morgan fingerprint density at radius 2 is 1.74 bits per heavy atom. The molecule has 1 rings (SSSR count). The average Bonchev–Trinajstić information content (AvgIpc) is 2.40. The van der Waals surface area contributed by atoms with Crippen LogP contribution in [0.2, 0.25) is 0 Å². The van der Waals surface area contributed by atoms with Gasteiger partial charge in [-0.25, -0.2) is 9.59 Å². The molecule has 0 unspecified atom stereocenters. The summed E-state index contributed by atoms with van der Waals surface area (Å²) in [5.41, 5.74) is 0.734. The Morgan fingerprint density at radius 3 is 2.32 bits per heavy atom. The van der Waals surface area contributed by atoms with Gasteiger partial charge in [0.25, 0.3) is 0 Å². The van der Waals surface area contributed by atoms with Crippen molar-refractivity contribution in [1.29, 1.82) is 0 Å². The topological polar surface area (TPSA) is 64.6 Å². The van der Waals surface area contributed by atoms with Crippen molar-refractivity contribution < 1.29 is 19.1 Å². The van der Waals surface area contributed by atoms with Gasteiger partial charge in [0.05, 0.1) is 19.3 Å². The van der Waals surface area contributed by atoms with E-state index in [2.05, 4.69) is 5.32 Å². The molecule has 0 amide bonds. The smallest absolute Gasteiger partial charge is 0.355 e. The molecule has 0 aliphatic heterocycles. The van der Waals surface area contributed by atoms with Gasteiger partial charge < -0.3 is 14.8 Å². The third kappa shape index (κ3) is 5.25. The number of carbonyl (C=O) groups is 2. The molecule has 5 nitrogen and oxygen atoms in total. The number of anilines is 1. The molecule has 0 bridgehead atoms. The van der Waals surface area contributed by atoms with E-state index < -0.39 is 11.9 Å². The SMILES string of the molecule is CCOC(=O)C=C(Nc1ccccc1)C(=O)OCC. The molecule has 19 heavy (non-hydrogen) atoms. The van der Waals surface area contributed by atoms with Gasteiger partial charge >= 0.3 is 11.9 Å². The molecule has 0 saturated carbocycles. The summed E-state index contributed by atoms with van der Waals surface area (Å²) in [6.07, 6.45) is 1.09. The molecule has 0 aliphatic carbocycles. The summed E-state index contributed by atoms with van der Waals surface area (Å²) in [5, 5.41) is 2.84. The predicted octanol–water partition coefficient (Wildman–Crippen LogP) is 2.11. The van der Waals surface area contributed by atoms with Gasteiger partial charge in [-0.15, -0.1) is 0 Å². The molecule has 0 atom stereocenters. The van der Waals surface area contributed by atoms with E-state index in [0.717, 1.165) is 6.08 Å². The molecule has 0 saturated heterocycles. The van der Waals surface area contributed by atoms with Gasteiger partial charge in [-0.05, 0) is 26.0 Å². The first-order valence-corrected chi connectivity index (χ1v) is 6.05. The maximum atomic E-state index is 11.7. The predicted molar refractivity (Wildman–Crippen MR) is 71.4 cm³/mol. The van der Waals surface area contributed by atoms with Crippen LogP contribution in [0.1, 0.15) is 13.8 Å². The third-order valence-corrected chi connectivity index (χ3v) is 2.10. The van der Waals surface area contributed by atoms with Gasteiger partial charge in [-0.1, -0.05) is 18.2 Å². The van der Waals surface area contributed by atoms with Gasteiger partial charge in [0.1, 0.15) is 5.70 Å². The Balaban J connectivity index is 2.86. The van der Waals surface area contributed by atoms with Crippen molar-refractivity contribution in [2.75, 3.05) is 18.5 Å². The summed E-state index contributed by atoms with van der Waals surface area (Å²) < 4.78 is 9.65. The lowest BCUT2D eigenvalue weighted by atomic mass is 10.3. The van der Waals surface area contributed by atoms with Crippen LogP contribution >= 0.6 is 0 Å². The fraction of sp³-hybridized carbons (Fsp3) is 0.286. The zero-order valence-electron chi connectivity index (χ0n) is 11.0. The van der Waals surface area contributed by atoms with Crippen molar-refractivity contribution >= 4 is 17.6 Å². The minimum absolute atomic E-state index is 0.0477. The highest BCUT2D eigenvalue weighted by molar-refractivity contribution is 5.98. The van der Waals surface area contributed by atoms with E-state index in [9.17, 15) is 9.59 Å². The number of hydrogen-bond donors (Lipinski definition) is 1. The summed E-state index contributed by atoms with van der Waals surface area (Å²) >= 11 is 0. The highest BCUT2D eigenvalue weighted by atomic mass is 16.5. The number of benzene rings is 1.